The van der Waals surface area contributed by atoms with E-state index < -0.39 is 0 Å². The number of rotatable bonds is 5. The lowest BCUT2D eigenvalue weighted by Crippen LogP contribution is -2.15. The van der Waals surface area contributed by atoms with Crippen LogP contribution in [0.5, 0.6) is 11.6 Å². The third-order valence-electron chi connectivity index (χ3n) is 2.77. The maximum Gasteiger partial charge on any atom is 0.274 e. The summed E-state index contributed by atoms with van der Waals surface area (Å²) in [6.45, 7) is 4.26. The number of ether oxygens (including phenoxy) is 2. The first-order chi connectivity index (χ1) is 10.1. The fourth-order valence-electron chi connectivity index (χ4n) is 1.80. The van der Waals surface area contributed by atoms with Crippen LogP contribution in [-0.2, 0) is 0 Å². The number of aryl methyl sites for hydroxylation is 1. The molecule has 1 heterocycles. The van der Waals surface area contributed by atoms with Crippen molar-refractivity contribution in [2.75, 3.05) is 19.0 Å². The fraction of sp³-hybridized carbons (Fsp3) is 0.267. The standard InChI is InChI=1S/C15H17N3O3/c1-4-21-14-8-12(16-9-17-14)15(19)18-11-7-10(2)5-6-13(11)20-3/h5-9H,4H2,1-3H3,(H,18,19). The van der Waals surface area contributed by atoms with E-state index in [1.165, 1.54) is 12.4 Å². The summed E-state index contributed by atoms with van der Waals surface area (Å²) in [5.41, 5.74) is 1.85. The Hall–Kier alpha value is -2.63. The molecule has 2 aromatic rings. The van der Waals surface area contributed by atoms with Gasteiger partial charge in [0.15, 0.2) is 0 Å². The average molecular weight is 287 g/mol. The van der Waals surface area contributed by atoms with Crippen molar-refractivity contribution in [1.82, 2.24) is 9.97 Å². The Morgan fingerprint density at radius 1 is 1.29 bits per heavy atom. The first-order valence-corrected chi connectivity index (χ1v) is 6.55. The molecule has 0 aliphatic heterocycles. The summed E-state index contributed by atoms with van der Waals surface area (Å²) in [4.78, 5) is 20.1. The van der Waals surface area contributed by atoms with Crippen molar-refractivity contribution < 1.29 is 14.3 Å². The normalized spacial score (nSPS) is 10.0. The van der Waals surface area contributed by atoms with E-state index in [9.17, 15) is 4.79 Å². The van der Waals surface area contributed by atoms with Gasteiger partial charge in [-0.2, -0.15) is 0 Å². The van der Waals surface area contributed by atoms with Crippen molar-refractivity contribution in [2.45, 2.75) is 13.8 Å². The van der Waals surface area contributed by atoms with Gasteiger partial charge in [0, 0.05) is 6.07 Å². The smallest absolute Gasteiger partial charge is 0.274 e. The van der Waals surface area contributed by atoms with Gasteiger partial charge in [-0.25, -0.2) is 9.97 Å². The van der Waals surface area contributed by atoms with Crippen LogP contribution >= 0.6 is 0 Å². The lowest BCUT2D eigenvalue weighted by Gasteiger charge is -2.11. The average Bonchev–Trinajstić information content (AvgIpc) is 2.48. The lowest BCUT2D eigenvalue weighted by molar-refractivity contribution is 0.102. The molecule has 2 rings (SSSR count). The predicted molar refractivity (Wildman–Crippen MR) is 78.9 cm³/mol. The van der Waals surface area contributed by atoms with Crippen molar-refractivity contribution in [3.63, 3.8) is 0 Å². The third-order valence-corrected chi connectivity index (χ3v) is 2.77. The molecular weight excluding hydrogens is 270 g/mol. The van der Waals surface area contributed by atoms with Gasteiger partial charge in [0.2, 0.25) is 5.88 Å². The molecule has 0 bridgehead atoms. The number of hydrogen-bond donors (Lipinski definition) is 1. The molecule has 1 aromatic carbocycles. The highest BCUT2D eigenvalue weighted by Crippen LogP contribution is 2.25. The number of carbonyl (C=O) groups excluding carboxylic acids is 1. The van der Waals surface area contributed by atoms with E-state index in [1.807, 2.05) is 26.0 Å². The Morgan fingerprint density at radius 2 is 2.10 bits per heavy atom. The molecule has 1 aromatic heterocycles. The molecule has 0 aliphatic carbocycles. The Morgan fingerprint density at radius 3 is 2.81 bits per heavy atom. The van der Waals surface area contributed by atoms with E-state index >= 15 is 0 Å². The Kier molecular flexibility index (Phi) is 4.71. The number of nitrogens with zero attached hydrogens (tertiary/aromatic N) is 2. The minimum absolute atomic E-state index is 0.233. The van der Waals surface area contributed by atoms with Gasteiger partial charge in [-0.05, 0) is 31.5 Å². The third kappa shape index (κ3) is 3.68. The number of aromatic nitrogens is 2. The van der Waals surface area contributed by atoms with E-state index in [4.69, 9.17) is 9.47 Å². The summed E-state index contributed by atoms with van der Waals surface area (Å²) in [7, 11) is 1.55. The van der Waals surface area contributed by atoms with E-state index in [0.29, 0.717) is 23.9 Å². The number of amides is 1. The molecule has 21 heavy (non-hydrogen) atoms. The van der Waals surface area contributed by atoms with Crippen molar-refractivity contribution in [2.24, 2.45) is 0 Å². The molecule has 0 spiro atoms. The monoisotopic (exact) mass is 287 g/mol. The highest BCUT2D eigenvalue weighted by Gasteiger charge is 2.12. The molecule has 0 atom stereocenters. The maximum atomic E-state index is 12.2. The van der Waals surface area contributed by atoms with E-state index in [-0.39, 0.29) is 11.6 Å². The number of hydrogen-bond acceptors (Lipinski definition) is 5. The Labute approximate surface area is 123 Å². The molecule has 6 heteroatoms. The second-order valence-electron chi connectivity index (χ2n) is 4.33. The van der Waals surface area contributed by atoms with Gasteiger partial charge in [-0.1, -0.05) is 6.07 Å². The molecule has 1 amide bonds. The highest BCUT2D eigenvalue weighted by molar-refractivity contribution is 6.03. The van der Waals surface area contributed by atoms with Crippen LogP contribution in [0.25, 0.3) is 0 Å². The first-order valence-electron chi connectivity index (χ1n) is 6.55. The molecule has 0 aliphatic rings. The Balaban J connectivity index is 2.21. The van der Waals surface area contributed by atoms with Gasteiger partial charge in [0.25, 0.3) is 5.91 Å². The predicted octanol–water partition coefficient (Wildman–Crippen LogP) is 2.44. The summed E-state index contributed by atoms with van der Waals surface area (Å²) < 4.78 is 10.5. The van der Waals surface area contributed by atoms with Crippen molar-refractivity contribution >= 4 is 11.6 Å². The van der Waals surface area contributed by atoms with Crippen LogP contribution < -0.4 is 14.8 Å². The van der Waals surface area contributed by atoms with Crippen molar-refractivity contribution in [1.29, 1.82) is 0 Å². The quantitative estimate of drug-likeness (QED) is 0.914. The van der Waals surface area contributed by atoms with Crippen LogP contribution in [-0.4, -0.2) is 29.6 Å². The summed E-state index contributed by atoms with van der Waals surface area (Å²) >= 11 is 0. The van der Waals surface area contributed by atoms with Crippen LogP contribution in [0.4, 0.5) is 5.69 Å². The van der Waals surface area contributed by atoms with Gasteiger partial charge in [0.1, 0.15) is 17.8 Å². The Bertz CT molecular complexity index is 644. The van der Waals surface area contributed by atoms with E-state index in [1.54, 1.807) is 13.2 Å². The molecule has 110 valence electrons. The van der Waals surface area contributed by atoms with Crippen LogP contribution in [0.3, 0.4) is 0 Å². The molecule has 0 unspecified atom stereocenters. The van der Waals surface area contributed by atoms with Gasteiger partial charge >= 0.3 is 0 Å². The SMILES string of the molecule is CCOc1cc(C(=O)Nc2cc(C)ccc2OC)ncn1. The molecule has 1 N–H and O–H groups in total. The molecule has 0 fully saturated rings. The minimum Gasteiger partial charge on any atom is -0.495 e. The van der Waals surface area contributed by atoms with Crippen LogP contribution in [0.15, 0.2) is 30.6 Å². The van der Waals surface area contributed by atoms with Crippen molar-refractivity contribution in [3.8, 4) is 11.6 Å². The number of benzene rings is 1. The maximum absolute atomic E-state index is 12.2. The highest BCUT2D eigenvalue weighted by atomic mass is 16.5. The summed E-state index contributed by atoms with van der Waals surface area (Å²) in [6.07, 6.45) is 1.30. The van der Waals surface area contributed by atoms with E-state index in [2.05, 4.69) is 15.3 Å². The zero-order valence-corrected chi connectivity index (χ0v) is 12.2. The van der Waals surface area contributed by atoms with Crippen LogP contribution in [0.2, 0.25) is 0 Å². The van der Waals surface area contributed by atoms with Gasteiger partial charge in [-0.3, -0.25) is 4.79 Å². The van der Waals surface area contributed by atoms with Gasteiger partial charge in [0.05, 0.1) is 19.4 Å². The molecular formula is C15H17N3O3. The minimum atomic E-state index is -0.345. The molecule has 6 nitrogen and oxygen atoms in total. The van der Waals surface area contributed by atoms with Crippen LogP contribution in [0, 0.1) is 6.92 Å². The topological polar surface area (TPSA) is 73.3 Å². The molecule has 0 saturated heterocycles. The second-order valence-corrected chi connectivity index (χ2v) is 4.33. The number of nitrogens with one attached hydrogen (secondary N) is 1. The lowest BCUT2D eigenvalue weighted by atomic mass is 10.2. The molecule has 0 radical (unpaired) electrons. The van der Waals surface area contributed by atoms with Crippen LogP contribution in [0.1, 0.15) is 23.0 Å². The summed E-state index contributed by atoms with van der Waals surface area (Å²) in [5.74, 6) is 0.615. The fourth-order valence-corrected chi connectivity index (χ4v) is 1.80. The van der Waals surface area contributed by atoms with E-state index in [0.717, 1.165) is 5.56 Å². The van der Waals surface area contributed by atoms with Crippen molar-refractivity contribution in [3.05, 3.63) is 41.9 Å². The number of carbonyl (C=O) groups is 1. The molecule has 0 saturated carbocycles. The van der Waals surface area contributed by atoms with Gasteiger partial charge in [-0.15, -0.1) is 0 Å². The largest absolute Gasteiger partial charge is 0.495 e. The zero-order valence-electron chi connectivity index (χ0n) is 12.2. The zero-order chi connectivity index (χ0) is 15.2. The second kappa shape index (κ2) is 6.69. The summed E-state index contributed by atoms with van der Waals surface area (Å²) in [6, 6.07) is 7.05. The number of methoxy groups -OCH3 is 1. The number of anilines is 1. The van der Waals surface area contributed by atoms with Gasteiger partial charge < -0.3 is 14.8 Å². The summed E-state index contributed by atoms with van der Waals surface area (Å²) in [5, 5.41) is 2.78. The first kappa shape index (κ1) is 14.8.